The first-order valence-corrected chi connectivity index (χ1v) is 1.62. The number of hydrogen-bond acceptors (Lipinski definition) is 4. The van der Waals surface area contributed by atoms with Gasteiger partial charge in [-0.2, -0.15) is 4.99 Å². The molecule has 0 amide bonds. The van der Waals surface area contributed by atoms with Gasteiger partial charge in [0.2, 0.25) is 6.23 Å². The summed E-state index contributed by atoms with van der Waals surface area (Å²) in [7, 11) is 0. The molecule has 1 aliphatic heterocycles. The van der Waals surface area contributed by atoms with Gasteiger partial charge in [-0.05, 0) is 6.92 Å². The molecule has 1 unspecified atom stereocenters. The van der Waals surface area contributed by atoms with Gasteiger partial charge in [0.05, 0.1) is 5.28 Å². The average molecular weight is 88.1 g/mol. The van der Waals surface area contributed by atoms with Crippen LogP contribution in [0.25, 0.3) is 0 Å². The molecule has 0 aromatic carbocycles. The molecule has 1 heterocycles. The molecule has 0 radical (unpaired) electrons. The molecule has 1 rings (SSSR count). The van der Waals surface area contributed by atoms with Crippen molar-refractivity contribution in [2.45, 2.75) is 13.2 Å². The van der Waals surface area contributed by atoms with Crippen molar-refractivity contribution in [2.24, 2.45) is 10.4 Å². The van der Waals surface area contributed by atoms with Crippen LogP contribution in [0.3, 0.4) is 0 Å². The fourth-order valence-electron chi connectivity index (χ4n) is 0.186. The maximum absolute atomic E-state index is 4.32. The molecule has 0 aliphatic carbocycles. The minimum absolute atomic E-state index is 0.218. The van der Waals surface area contributed by atoms with Gasteiger partial charge in [0.1, 0.15) is 0 Å². The molecule has 1 atom stereocenters. The van der Waals surface area contributed by atoms with E-state index in [-0.39, 0.29) is 6.23 Å². The van der Waals surface area contributed by atoms with Gasteiger partial charge in [0.15, 0.2) is 0 Å². The summed E-state index contributed by atoms with van der Waals surface area (Å²) in [5, 5.41) is 6.48. The van der Waals surface area contributed by atoms with E-state index in [1.807, 2.05) is 0 Å². The van der Waals surface area contributed by atoms with E-state index < -0.39 is 0 Å². The summed E-state index contributed by atoms with van der Waals surface area (Å²) in [6.07, 6.45) is -0.218. The highest BCUT2D eigenvalue weighted by molar-refractivity contribution is 4.33. The summed E-state index contributed by atoms with van der Waals surface area (Å²) in [6.45, 7) is 1.73. The Morgan fingerprint density at radius 1 is 1.67 bits per heavy atom. The van der Waals surface area contributed by atoms with Gasteiger partial charge < -0.3 is 0 Å². The minimum Gasteiger partial charge on any atom is -0.198 e. The zero-order chi connectivity index (χ0) is 4.41. The molecule has 0 spiro atoms. The first-order chi connectivity index (χ1) is 2.89. The van der Waals surface area contributed by atoms with E-state index in [0.29, 0.717) is 0 Å². The lowest BCUT2D eigenvalue weighted by Crippen LogP contribution is -1.92. The molecule has 4 heteroatoms. The van der Waals surface area contributed by atoms with Crippen LogP contribution in [0.1, 0.15) is 6.92 Å². The van der Waals surface area contributed by atoms with E-state index in [4.69, 9.17) is 0 Å². The van der Waals surface area contributed by atoms with Crippen molar-refractivity contribution in [3.8, 4) is 0 Å². The van der Waals surface area contributed by atoms with Gasteiger partial charge in [-0.3, -0.25) is 0 Å². The van der Waals surface area contributed by atoms with E-state index in [1.165, 1.54) is 0 Å². The third-order valence-corrected chi connectivity index (χ3v) is 0.425. The molecule has 0 N–H and O–H groups in total. The largest absolute Gasteiger partial charge is 0.217 e. The molecule has 1 aliphatic rings. The summed E-state index contributed by atoms with van der Waals surface area (Å²) < 4.78 is 0. The van der Waals surface area contributed by atoms with Crippen molar-refractivity contribution >= 4 is 0 Å². The smallest absolute Gasteiger partial charge is 0.198 e. The summed E-state index contributed by atoms with van der Waals surface area (Å²) in [5.41, 5.74) is 0. The molecule has 34 valence electrons. The second kappa shape index (κ2) is 1.22. The van der Waals surface area contributed by atoms with Crippen LogP contribution in [0, 0.1) is 0 Å². The molecule has 4 nitrogen and oxygen atoms in total. The monoisotopic (exact) mass is 88.0 g/mol. The van der Waals surface area contributed by atoms with Crippen molar-refractivity contribution < 1.29 is 9.88 Å². The molecule has 0 fully saturated rings. The van der Waals surface area contributed by atoms with Crippen molar-refractivity contribution in [1.82, 2.24) is 0 Å². The zero-order valence-corrected chi connectivity index (χ0v) is 3.29. The first-order valence-electron chi connectivity index (χ1n) is 1.62. The Labute approximate surface area is 34.7 Å². The van der Waals surface area contributed by atoms with Crippen molar-refractivity contribution in [3.05, 3.63) is 0 Å². The predicted octanol–water partition coefficient (Wildman–Crippen LogP) is 0.661. The Kier molecular flexibility index (Phi) is 0.719. The third-order valence-electron chi connectivity index (χ3n) is 0.425. The molecule has 0 aromatic heterocycles. The minimum atomic E-state index is -0.218. The molecular formula is C2H4N2O2. The van der Waals surface area contributed by atoms with E-state index in [0.717, 1.165) is 0 Å². The highest BCUT2D eigenvalue weighted by atomic mass is 17.3. The van der Waals surface area contributed by atoms with Crippen LogP contribution < -0.4 is 0 Å². The number of hydrogen-bond donors (Lipinski definition) is 0. The maximum atomic E-state index is 4.32. The van der Waals surface area contributed by atoms with E-state index in [1.54, 1.807) is 6.92 Å². The van der Waals surface area contributed by atoms with Gasteiger partial charge in [-0.25, -0.2) is 0 Å². The Hall–Kier alpha value is -0.640. The zero-order valence-electron chi connectivity index (χ0n) is 3.29. The second-order valence-electron chi connectivity index (χ2n) is 0.967. The normalized spacial score (nSPS) is 30.5. The van der Waals surface area contributed by atoms with Crippen LogP contribution in [0.15, 0.2) is 10.4 Å². The first kappa shape index (κ1) is 3.55. The fraction of sp³-hybridized carbons (Fsp3) is 1.00. The summed E-state index contributed by atoms with van der Waals surface area (Å²) in [5.74, 6) is 0. The lowest BCUT2D eigenvalue weighted by molar-refractivity contribution is -0.289. The second-order valence-corrected chi connectivity index (χ2v) is 0.967. The summed E-state index contributed by atoms with van der Waals surface area (Å²) >= 11 is 0. The van der Waals surface area contributed by atoms with Crippen molar-refractivity contribution in [1.29, 1.82) is 0 Å². The van der Waals surface area contributed by atoms with Gasteiger partial charge in [0, 0.05) is 0 Å². The van der Waals surface area contributed by atoms with Crippen LogP contribution in [0.2, 0.25) is 0 Å². The Balaban J connectivity index is 2.38. The maximum Gasteiger partial charge on any atom is 0.217 e. The molecule has 6 heavy (non-hydrogen) atoms. The van der Waals surface area contributed by atoms with Gasteiger partial charge in [-0.15, -0.1) is 10.0 Å². The third kappa shape index (κ3) is 0.463. The number of nitrogens with zero attached hydrogens (tertiary/aromatic N) is 2. The number of rotatable bonds is 0. The molecule has 0 bridgehead atoms. The molecular weight excluding hydrogens is 84.0 g/mol. The lowest BCUT2D eigenvalue weighted by Gasteiger charge is -1.84. The highest BCUT2D eigenvalue weighted by Crippen LogP contribution is 2.01. The van der Waals surface area contributed by atoms with Crippen LogP contribution in [-0.4, -0.2) is 6.23 Å². The van der Waals surface area contributed by atoms with Gasteiger partial charge in [-0.1, -0.05) is 0 Å². The van der Waals surface area contributed by atoms with Gasteiger partial charge >= 0.3 is 0 Å². The fourth-order valence-corrected chi connectivity index (χ4v) is 0.186. The SMILES string of the molecule is CC1N=NOO1. The van der Waals surface area contributed by atoms with Crippen LogP contribution in [0.4, 0.5) is 0 Å². The van der Waals surface area contributed by atoms with E-state index in [2.05, 4.69) is 20.3 Å². The lowest BCUT2D eigenvalue weighted by atomic mass is 10.7. The molecule has 0 saturated heterocycles. The summed E-state index contributed by atoms with van der Waals surface area (Å²) in [6, 6.07) is 0. The van der Waals surface area contributed by atoms with Crippen LogP contribution in [-0.2, 0) is 9.88 Å². The van der Waals surface area contributed by atoms with Crippen LogP contribution in [0.5, 0.6) is 0 Å². The average Bonchev–Trinajstić information content (AvgIpc) is 1.86. The Morgan fingerprint density at radius 3 is 2.67 bits per heavy atom. The quantitative estimate of drug-likeness (QED) is 0.408. The highest BCUT2D eigenvalue weighted by Gasteiger charge is 2.04. The van der Waals surface area contributed by atoms with E-state index >= 15 is 0 Å². The van der Waals surface area contributed by atoms with Crippen molar-refractivity contribution in [3.63, 3.8) is 0 Å². The summed E-state index contributed by atoms with van der Waals surface area (Å²) in [4.78, 5) is 8.33. The Bertz CT molecular complexity index is 71.9. The molecule has 0 saturated carbocycles. The van der Waals surface area contributed by atoms with Crippen LogP contribution >= 0.6 is 0 Å². The topological polar surface area (TPSA) is 43.2 Å². The van der Waals surface area contributed by atoms with Gasteiger partial charge in [0.25, 0.3) is 0 Å². The van der Waals surface area contributed by atoms with Crippen molar-refractivity contribution in [2.75, 3.05) is 0 Å². The van der Waals surface area contributed by atoms with E-state index in [9.17, 15) is 0 Å². The predicted molar refractivity (Wildman–Crippen MR) is 16.5 cm³/mol. The molecule has 0 aromatic rings. The standard InChI is InChI=1S/C2H4N2O2/c1-2-3-4-6-5-2/h2H,1H3. The Morgan fingerprint density at radius 2 is 2.50 bits per heavy atom.